The van der Waals surface area contributed by atoms with Gasteiger partial charge in [0, 0.05) is 10.6 Å². The summed E-state index contributed by atoms with van der Waals surface area (Å²) >= 11 is 1.31. The third-order valence-electron chi connectivity index (χ3n) is 5.53. The Morgan fingerprint density at radius 2 is 1.72 bits per heavy atom. The molecule has 0 spiro atoms. The predicted octanol–water partition coefficient (Wildman–Crippen LogP) is 5.97. The topological polar surface area (TPSA) is 92.3 Å². The Bertz CT molecular complexity index is 1310. The molecule has 1 heterocycles. The number of hydrogen-bond acceptors (Lipinski definition) is 7. The van der Waals surface area contributed by atoms with Crippen molar-refractivity contribution in [3.63, 3.8) is 0 Å². The molecule has 0 aliphatic carbocycles. The second-order valence-corrected chi connectivity index (χ2v) is 9.41. The van der Waals surface area contributed by atoms with Gasteiger partial charge in [-0.2, -0.15) is 0 Å². The monoisotopic (exact) mass is 504 g/mol. The lowest BCUT2D eigenvalue weighted by Gasteiger charge is -2.17. The van der Waals surface area contributed by atoms with Gasteiger partial charge >= 0.3 is 0 Å². The molecule has 0 fully saturated rings. The first kappa shape index (κ1) is 25.2. The second-order valence-electron chi connectivity index (χ2n) is 8.24. The van der Waals surface area contributed by atoms with Gasteiger partial charge in [0.1, 0.15) is 17.7 Å². The van der Waals surface area contributed by atoms with Crippen molar-refractivity contribution in [2.75, 3.05) is 13.2 Å². The van der Waals surface area contributed by atoms with Gasteiger partial charge in [-0.25, -0.2) is 0 Å². The minimum atomic E-state index is -0.504. The molecular formula is C27H28N4O4S. The molecule has 0 aliphatic rings. The molecule has 36 heavy (non-hydrogen) atoms. The van der Waals surface area contributed by atoms with Crippen LogP contribution in [-0.4, -0.2) is 32.8 Å². The van der Waals surface area contributed by atoms with Crippen LogP contribution in [0, 0.1) is 24.0 Å². The van der Waals surface area contributed by atoms with E-state index in [1.54, 1.807) is 0 Å². The Kier molecular flexibility index (Phi) is 8.22. The number of rotatable bonds is 11. The van der Waals surface area contributed by atoms with Crippen molar-refractivity contribution in [2.24, 2.45) is 0 Å². The molecule has 4 aromatic rings. The lowest BCUT2D eigenvalue weighted by Crippen LogP contribution is -2.11. The van der Waals surface area contributed by atoms with Gasteiger partial charge < -0.3 is 9.47 Å². The number of hydrogen-bond donors (Lipinski definition) is 0. The number of aryl methyl sites for hydroxylation is 2. The van der Waals surface area contributed by atoms with Crippen molar-refractivity contribution in [2.45, 2.75) is 37.8 Å². The highest BCUT2D eigenvalue weighted by molar-refractivity contribution is 7.99. The molecule has 0 N–H and O–H groups in total. The highest BCUT2D eigenvalue weighted by Gasteiger charge is 2.25. The van der Waals surface area contributed by atoms with Gasteiger partial charge in [0.15, 0.2) is 16.7 Å². The number of thioether (sulfide) groups is 1. The van der Waals surface area contributed by atoms with E-state index in [0.29, 0.717) is 35.7 Å². The van der Waals surface area contributed by atoms with Gasteiger partial charge in [0.05, 0.1) is 6.61 Å². The molecule has 4 rings (SSSR count). The van der Waals surface area contributed by atoms with Gasteiger partial charge in [-0.05, 0) is 56.2 Å². The number of nitrogens with zero attached hydrogens (tertiary/aromatic N) is 4. The summed E-state index contributed by atoms with van der Waals surface area (Å²) in [6.07, 6.45) is 0. The summed E-state index contributed by atoms with van der Waals surface area (Å²) in [6.45, 7) is 6.34. The summed E-state index contributed by atoms with van der Waals surface area (Å²) in [5.74, 6) is 1.85. The zero-order chi connectivity index (χ0) is 25.5. The van der Waals surface area contributed by atoms with Crippen LogP contribution in [0.3, 0.4) is 0 Å². The van der Waals surface area contributed by atoms with Crippen LogP contribution >= 0.6 is 11.8 Å². The van der Waals surface area contributed by atoms with Crippen molar-refractivity contribution in [1.82, 2.24) is 14.8 Å². The van der Waals surface area contributed by atoms with E-state index in [0.717, 1.165) is 22.4 Å². The minimum Gasteiger partial charge on any atom is -0.490 e. The maximum absolute atomic E-state index is 11.6. The first-order valence-corrected chi connectivity index (χ1v) is 12.5. The molecule has 1 aromatic heterocycles. The van der Waals surface area contributed by atoms with E-state index in [2.05, 4.69) is 10.2 Å². The molecule has 8 nitrogen and oxygen atoms in total. The summed E-state index contributed by atoms with van der Waals surface area (Å²) in [6, 6.07) is 23.4. The minimum absolute atomic E-state index is 0.278. The van der Waals surface area contributed by atoms with Crippen molar-refractivity contribution < 1.29 is 14.4 Å². The van der Waals surface area contributed by atoms with Crippen LogP contribution in [0.15, 0.2) is 78.0 Å². The summed E-state index contributed by atoms with van der Waals surface area (Å²) in [5.41, 5.74) is 3.84. The van der Waals surface area contributed by atoms with E-state index >= 15 is 0 Å². The Labute approximate surface area is 214 Å². The lowest BCUT2D eigenvalue weighted by molar-refractivity contribution is -0.479. The standard InChI is InChI=1S/C27H28N4O4S/c1-4-34-25-16-22(12-15-24(25)35-18-21-8-6-5-7-9-21)26(17-30(32)33)36-27-29-28-20(3)31(27)23-13-10-19(2)11-14-23/h5-16,26H,4,17-18H2,1-3H3/t26-/m0/s1. The predicted molar refractivity (Wildman–Crippen MR) is 140 cm³/mol. The third kappa shape index (κ3) is 6.23. The average Bonchev–Trinajstić information content (AvgIpc) is 3.23. The fraction of sp³-hybridized carbons (Fsp3) is 0.259. The molecule has 0 bridgehead atoms. The van der Waals surface area contributed by atoms with Crippen LogP contribution in [0.4, 0.5) is 0 Å². The molecule has 0 aliphatic heterocycles. The zero-order valence-corrected chi connectivity index (χ0v) is 21.3. The van der Waals surface area contributed by atoms with Gasteiger partial charge in [0.25, 0.3) is 0 Å². The normalized spacial score (nSPS) is 11.8. The van der Waals surface area contributed by atoms with E-state index < -0.39 is 5.25 Å². The van der Waals surface area contributed by atoms with Crippen LogP contribution in [0.5, 0.6) is 11.5 Å². The van der Waals surface area contributed by atoms with E-state index in [1.165, 1.54) is 11.8 Å². The second kappa shape index (κ2) is 11.7. The smallest absolute Gasteiger partial charge is 0.220 e. The van der Waals surface area contributed by atoms with Crippen molar-refractivity contribution in [3.05, 3.63) is 105 Å². The average molecular weight is 505 g/mol. The molecule has 9 heteroatoms. The van der Waals surface area contributed by atoms with Gasteiger partial charge in [-0.1, -0.05) is 65.9 Å². The molecule has 0 saturated carbocycles. The highest BCUT2D eigenvalue weighted by Crippen LogP contribution is 2.39. The first-order chi connectivity index (χ1) is 17.4. The maximum Gasteiger partial charge on any atom is 0.220 e. The molecule has 0 radical (unpaired) electrons. The quantitative estimate of drug-likeness (QED) is 0.141. The summed E-state index contributed by atoms with van der Waals surface area (Å²) in [4.78, 5) is 11.3. The number of benzene rings is 3. The Balaban J connectivity index is 1.62. The largest absolute Gasteiger partial charge is 0.490 e. The van der Waals surface area contributed by atoms with Crippen LogP contribution in [-0.2, 0) is 6.61 Å². The fourth-order valence-corrected chi connectivity index (χ4v) is 4.90. The number of aromatic nitrogens is 3. The molecule has 1 atom stereocenters. The van der Waals surface area contributed by atoms with E-state index in [4.69, 9.17) is 9.47 Å². The summed E-state index contributed by atoms with van der Waals surface area (Å²) in [7, 11) is 0. The van der Waals surface area contributed by atoms with Crippen LogP contribution in [0.2, 0.25) is 0 Å². The maximum atomic E-state index is 11.6. The molecule has 186 valence electrons. The zero-order valence-electron chi connectivity index (χ0n) is 20.5. The van der Waals surface area contributed by atoms with Crippen molar-refractivity contribution in [3.8, 4) is 17.2 Å². The SMILES string of the molecule is CCOc1cc([C@H](C[N+](=O)[O-])Sc2nnc(C)n2-c2ccc(C)cc2)ccc1OCc1ccccc1. The molecule has 0 saturated heterocycles. The highest BCUT2D eigenvalue weighted by atomic mass is 32.2. The van der Waals surface area contributed by atoms with Crippen LogP contribution < -0.4 is 9.47 Å². The van der Waals surface area contributed by atoms with E-state index in [9.17, 15) is 10.1 Å². The lowest BCUT2D eigenvalue weighted by atomic mass is 10.1. The van der Waals surface area contributed by atoms with Gasteiger partial charge in [0.2, 0.25) is 6.54 Å². The third-order valence-corrected chi connectivity index (χ3v) is 6.71. The molecular weight excluding hydrogens is 476 g/mol. The van der Waals surface area contributed by atoms with Crippen molar-refractivity contribution in [1.29, 1.82) is 0 Å². The number of nitro groups is 1. The Morgan fingerprint density at radius 1 is 0.972 bits per heavy atom. The van der Waals surface area contributed by atoms with Gasteiger partial charge in [-0.15, -0.1) is 10.2 Å². The van der Waals surface area contributed by atoms with Crippen LogP contribution in [0.25, 0.3) is 5.69 Å². The molecule has 0 amide bonds. The van der Waals surface area contributed by atoms with E-state index in [1.807, 2.05) is 98.1 Å². The Morgan fingerprint density at radius 3 is 2.42 bits per heavy atom. The van der Waals surface area contributed by atoms with Crippen molar-refractivity contribution >= 4 is 11.8 Å². The number of ether oxygens (including phenoxy) is 2. The molecule has 0 unspecified atom stereocenters. The summed E-state index contributed by atoms with van der Waals surface area (Å²) < 4.78 is 13.8. The Hall–Kier alpha value is -3.85. The fourth-order valence-electron chi connectivity index (χ4n) is 3.73. The van der Waals surface area contributed by atoms with Crippen LogP contribution in [0.1, 0.15) is 34.7 Å². The summed E-state index contributed by atoms with van der Waals surface area (Å²) in [5, 5.41) is 20.2. The van der Waals surface area contributed by atoms with E-state index in [-0.39, 0.29) is 11.5 Å². The molecule has 3 aromatic carbocycles. The first-order valence-electron chi connectivity index (χ1n) is 11.7. The van der Waals surface area contributed by atoms with Gasteiger partial charge in [-0.3, -0.25) is 14.7 Å².